The van der Waals surface area contributed by atoms with Crippen LogP contribution < -0.4 is 5.56 Å². The number of rotatable bonds is 3. The van der Waals surface area contributed by atoms with Gasteiger partial charge in [-0.15, -0.1) is 0 Å². The normalized spacial score (nSPS) is 10.7. The topological polar surface area (TPSA) is 83.8 Å². The number of nitrogens with zero attached hydrogens (tertiary/aromatic N) is 3. The number of benzene rings is 2. The summed E-state index contributed by atoms with van der Waals surface area (Å²) in [6.07, 6.45) is 3.66. The van der Waals surface area contributed by atoms with Gasteiger partial charge in [-0.05, 0) is 40.6 Å². The summed E-state index contributed by atoms with van der Waals surface area (Å²) in [6.45, 7) is -0.0367. The average Bonchev–Trinajstić information content (AvgIpc) is 3.20. The maximum Gasteiger partial charge on any atom is 0.251 e. The van der Waals surface area contributed by atoms with Crippen molar-refractivity contribution in [1.29, 1.82) is 0 Å². The average molecular weight is 392 g/mol. The summed E-state index contributed by atoms with van der Waals surface area (Å²) in [5.41, 5.74) is 1.41. The van der Waals surface area contributed by atoms with Crippen molar-refractivity contribution in [3.05, 3.63) is 87.6 Å². The molecular weight excluding hydrogens is 378 g/mol. The minimum atomic E-state index is -1.07. The molecule has 2 N–H and O–H groups in total. The lowest BCUT2D eigenvalue weighted by Gasteiger charge is -2.09. The Morgan fingerprint density at radius 3 is 2.62 bits per heavy atom. The van der Waals surface area contributed by atoms with E-state index < -0.39 is 17.4 Å². The zero-order valence-corrected chi connectivity index (χ0v) is 15.0. The highest BCUT2D eigenvalue weighted by atomic mass is 19.1. The van der Waals surface area contributed by atoms with Crippen LogP contribution in [0.15, 0.2) is 53.6 Å². The van der Waals surface area contributed by atoms with Crippen LogP contribution in [0.1, 0.15) is 16.8 Å². The van der Waals surface area contributed by atoms with Crippen LogP contribution in [-0.2, 0) is 13.0 Å². The van der Waals surface area contributed by atoms with E-state index in [0.29, 0.717) is 6.42 Å². The molecule has 4 aromatic rings. The molecule has 2 aromatic heterocycles. The Labute approximate surface area is 163 Å². The lowest BCUT2D eigenvalue weighted by atomic mass is 10.1. The number of phenols is 1. The van der Waals surface area contributed by atoms with Crippen LogP contribution in [0, 0.1) is 23.5 Å². The molecule has 144 valence electrons. The third-order valence-electron chi connectivity index (χ3n) is 4.34. The minimum Gasteiger partial charge on any atom is -0.503 e. The van der Waals surface area contributed by atoms with E-state index in [1.807, 2.05) is 12.1 Å². The van der Waals surface area contributed by atoms with Crippen molar-refractivity contribution in [2.75, 3.05) is 0 Å². The third kappa shape index (κ3) is 3.99. The largest absolute Gasteiger partial charge is 0.503 e. The SMILES string of the molecule is O=c1cc2ccc(C#CCc3cn[nH]n3)cc2cn1Cc1cc(F)c(O)c(F)c1. The number of aromatic amines is 1. The zero-order chi connectivity index (χ0) is 20.4. The van der Waals surface area contributed by atoms with Crippen molar-refractivity contribution in [2.24, 2.45) is 0 Å². The molecule has 0 fully saturated rings. The van der Waals surface area contributed by atoms with Crippen LogP contribution in [0.5, 0.6) is 5.75 Å². The first kappa shape index (κ1) is 18.4. The monoisotopic (exact) mass is 392 g/mol. The number of aromatic nitrogens is 4. The molecule has 2 heterocycles. The van der Waals surface area contributed by atoms with Crippen LogP contribution >= 0.6 is 0 Å². The van der Waals surface area contributed by atoms with Gasteiger partial charge in [0.25, 0.3) is 5.56 Å². The van der Waals surface area contributed by atoms with Gasteiger partial charge < -0.3 is 9.67 Å². The molecule has 0 bridgehead atoms. The Bertz CT molecular complexity index is 1300. The summed E-state index contributed by atoms with van der Waals surface area (Å²) >= 11 is 0. The van der Waals surface area contributed by atoms with Crippen LogP contribution in [0.4, 0.5) is 8.78 Å². The number of hydrogen-bond acceptors (Lipinski definition) is 4. The van der Waals surface area contributed by atoms with Gasteiger partial charge in [0.05, 0.1) is 24.9 Å². The number of hydrogen-bond donors (Lipinski definition) is 2. The molecule has 0 aliphatic rings. The summed E-state index contributed by atoms with van der Waals surface area (Å²) in [4.78, 5) is 12.3. The number of halogens is 2. The molecule has 0 aliphatic heterocycles. The lowest BCUT2D eigenvalue weighted by Crippen LogP contribution is -2.19. The number of phenolic OH excluding ortho intramolecular Hbond substituents is 1. The van der Waals surface area contributed by atoms with Crippen LogP contribution in [0.3, 0.4) is 0 Å². The summed E-state index contributed by atoms with van der Waals surface area (Å²) in [7, 11) is 0. The Morgan fingerprint density at radius 2 is 1.90 bits per heavy atom. The molecule has 0 aliphatic carbocycles. The molecule has 0 amide bonds. The van der Waals surface area contributed by atoms with E-state index in [-0.39, 0.29) is 17.7 Å². The van der Waals surface area contributed by atoms with Crippen molar-refractivity contribution >= 4 is 10.8 Å². The predicted octanol–water partition coefficient (Wildman–Crippen LogP) is 2.75. The molecule has 2 aromatic carbocycles. The predicted molar refractivity (Wildman–Crippen MR) is 102 cm³/mol. The van der Waals surface area contributed by atoms with Crippen molar-refractivity contribution < 1.29 is 13.9 Å². The Balaban J connectivity index is 1.64. The first-order valence-corrected chi connectivity index (χ1v) is 8.64. The van der Waals surface area contributed by atoms with Gasteiger partial charge in [-0.25, -0.2) is 8.78 Å². The van der Waals surface area contributed by atoms with Gasteiger partial charge in [0, 0.05) is 17.8 Å². The highest BCUT2D eigenvalue weighted by Gasteiger charge is 2.10. The highest BCUT2D eigenvalue weighted by Crippen LogP contribution is 2.22. The summed E-state index contributed by atoms with van der Waals surface area (Å²) in [6, 6.07) is 8.89. The number of nitrogens with one attached hydrogen (secondary N) is 1. The summed E-state index contributed by atoms with van der Waals surface area (Å²) in [5, 5.41) is 20.9. The van der Waals surface area contributed by atoms with Gasteiger partial charge in [-0.1, -0.05) is 17.9 Å². The quantitative estimate of drug-likeness (QED) is 0.525. The zero-order valence-electron chi connectivity index (χ0n) is 15.0. The van der Waals surface area contributed by atoms with Crippen molar-refractivity contribution in [3.63, 3.8) is 0 Å². The Morgan fingerprint density at radius 1 is 1.10 bits per heavy atom. The maximum absolute atomic E-state index is 13.6. The van der Waals surface area contributed by atoms with E-state index in [0.717, 1.165) is 34.2 Å². The molecular formula is C21H14F2N4O2. The lowest BCUT2D eigenvalue weighted by molar-refractivity contribution is 0.395. The van der Waals surface area contributed by atoms with E-state index in [2.05, 4.69) is 27.3 Å². The van der Waals surface area contributed by atoms with Crippen LogP contribution in [0.2, 0.25) is 0 Å². The molecule has 0 atom stereocenters. The van der Waals surface area contributed by atoms with Gasteiger partial charge in [0.1, 0.15) is 0 Å². The molecule has 4 rings (SSSR count). The van der Waals surface area contributed by atoms with Crippen molar-refractivity contribution in [2.45, 2.75) is 13.0 Å². The Hall–Kier alpha value is -3.99. The minimum absolute atomic E-state index is 0.0367. The summed E-state index contributed by atoms with van der Waals surface area (Å²) < 4.78 is 28.5. The molecule has 0 saturated heterocycles. The van der Waals surface area contributed by atoms with Gasteiger partial charge in [0.2, 0.25) is 0 Å². The highest BCUT2D eigenvalue weighted by molar-refractivity contribution is 5.83. The molecule has 0 spiro atoms. The van der Waals surface area contributed by atoms with Gasteiger partial charge in [-0.3, -0.25) is 4.79 Å². The second-order valence-electron chi connectivity index (χ2n) is 6.43. The first-order valence-electron chi connectivity index (χ1n) is 8.64. The molecule has 6 nitrogen and oxygen atoms in total. The Kier molecular flexibility index (Phi) is 4.79. The van der Waals surface area contributed by atoms with Gasteiger partial charge in [-0.2, -0.15) is 15.4 Å². The fourth-order valence-electron chi connectivity index (χ4n) is 2.92. The fraction of sp³-hybridized carbons (Fsp3) is 0.0952. The molecule has 0 radical (unpaired) electrons. The number of pyridine rings is 1. The van der Waals surface area contributed by atoms with E-state index in [4.69, 9.17) is 0 Å². The summed E-state index contributed by atoms with van der Waals surface area (Å²) in [5.74, 6) is 2.86. The van der Waals surface area contributed by atoms with Crippen LogP contribution in [-0.4, -0.2) is 25.1 Å². The molecule has 0 unspecified atom stereocenters. The van der Waals surface area contributed by atoms with Gasteiger partial charge >= 0.3 is 0 Å². The maximum atomic E-state index is 13.6. The molecule has 29 heavy (non-hydrogen) atoms. The number of aromatic hydroxyl groups is 1. The van der Waals surface area contributed by atoms with E-state index in [1.165, 1.54) is 10.6 Å². The van der Waals surface area contributed by atoms with E-state index in [9.17, 15) is 18.7 Å². The van der Waals surface area contributed by atoms with E-state index >= 15 is 0 Å². The fourth-order valence-corrected chi connectivity index (χ4v) is 2.92. The molecule has 0 saturated carbocycles. The first-order chi connectivity index (χ1) is 14.0. The second kappa shape index (κ2) is 7.56. The van der Waals surface area contributed by atoms with Gasteiger partial charge in [0.15, 0.2) is 17.4 Å². The van der Waals surface area contributed by atoms with Crippen LogP contribution in [0.25, 0.3) is 10.8 Å². The number of H-pyrrole nitrogens is 1. The standard InChI is InChI=1S/C21H14F2N4O2/c22-18-7-14(8-19(23)21(18)29)11-27-12-16-6-13(4-5-15(16)9-20(27)28)2-1-3-17-10-24-26-25-17/h4-10,12,29H,3,11H2,(H,24,25,26). The smallest absolute Gasteiger partial charge is 0.251 e. The van der Waals surface area contributed by atoms with Crippen molar-refractivity contribution in [3.8, 4) is 17.6 Å². The molecule has 8 heteroatoms. The van der Waals surface area contributed by atoms with E-state index in [1.54, 1.807) is 18.5 Å². The second-order valence-corrected chi connectivity index (χ2v) is 6.43. The van der Waals surface area contributed by atoms with Crippen molar-refractivity contribution in [1.82, 2.24) is 20.0 Å². The third-order valence-corrected chi connectivity index (χ3v) is 4.34. The number of fused-ring (bicyclic) bond motifs is 1.